The van der Waals surface area contributed by atoms with Gasteiger partial charge in [0, 0.05) is 11.1 Å². The molecule has 1 aliphatic carbocycles. The van der Waals surface area contributed by atoms with Crippen molar-refractivity contribution in [3.05, 3.63) is 70.7 Å². The summed E-state index contributed by atoms with van der Waals surface area (Å²) in [6.45, 7) is 5.71. The molecule has 1 aliphatic heterocycles. The van der Waals surface area contributed by atoms with Crippen LogP contribution in [0.1, 0.15) is 58.1 Å². The number of benzene rings is 2. The van der Waals surface area contributed by atoms with E-state index in [9.17, 15) is 14.7 Å². The van der Waals surface area contributed by atoms with Gasteiger partial charge in [0.15, 0.2) is 11.6 Å². The number of aliphatic hydroxyl groups excluding tert-OH is 1. The molecule has 0 saturated heterocycles. The van der Waals surface area contributed by atoms with Crippen LogP contribution in [-0.2, 0) is 14.3 Å². The van der Waals surface area contributed by atoms with E-state index < -0.39 is 11.5 Å². The van der Waals surface area contributed by atoms with Crippen molar-refractivity contribution in [3.63, 3.8) is 0 Å². The van der Waals surface area contributed by atoms with Crippen LogP contribution in [-0.4, -0.2) is 16.7 Å². The van der Waals surface area contributed by atoms with Crippen LogP contribution in [0.2, 0.25) is 0 Å². The molecule has 2 aromatic rings. The third kappa shape index (κ3) is 2.73. The molecule has 29 heavy (non-hydrogen) atoms. The molecule has 0 saturated carbocycles. The minimum atomic E-state index is -0.897. The Balaban J connectivity index is 1.90. The summed E-state index contributed by atoms with van der Waals surface area (Å²) >= 11 is 0. The zero-order valence-electron chi connectivity index (χ0n) is 17.1. The van der Waals surface area contributed by atoms with E-state index in [0.29, 0.717) is 30.6 Å². The maximum absolute atomic E-state index is 13.3. The zero-order chi connectivity index (χ0) is 20.8. The Morgan fingerprint density at radius 2 is 1.72 bits per heavy atom. The molecule has 4 nitrogen and oxygen atoms in total. The lowest BCUT2D eigenvalue weighted by Crippen LogP contribution is -2.42. The zero-order valence-corrected chi connectivity index (χ0v) is 17.1. The van der Waals surface area contributed by atoms with Crippen molar-refractivity contribution in [2.75, 3.05) is 0 Å². The molecule has 0 aromatic heterocycles. The molecule has 0 spiro atoms. The Bertz CT molecular complexity index is 1060. The van der Waals surface area contributed by atoms with Gasteiger partial charge in [0.1, 0.15) is 17.6 Å². The molecular weight excluding hydrogens is 364 g/mol. The maximum Gasteiger partial charge on any atom is 0.176 e. The van der Waals surface area contributed by atoms with Crippen LogP contribution < -0.4 is 0 Å². The van der Waals surface area contributed by atoms with E-state index in [1.807, 2.05) is 63.2 Å². The molecule has 2 aromatic carbocycles. The second kappa shape index (κ2) is 7.18. The summed E-state index contributed by atoms with van der Waals surface area (Å²) in [4.78, 5) is 26.5. The second-order valence-corrected chi connectivity index (χ2v) is 7.81. The molecule has 2 aliphatic rings. The summed E-state index contributed by atoms with van der Waals surface area (Å²) in [7, 11) is 0. The molecule has 0 fully saturated rings. The van der Waals surface area contributed by atoms with E-state index >= 15 is 0 Å². The monoisotopic (exact) mass is 390 g/mol. The first-order valence-electron chi connectivity index (χ1n) is 10.4. The molecule has 150 valence electrons. The number of fused-ring (bicyclic) bond motifs is 1. The number of Topliss-reactive ketones (excluding diaryl/α,β-unsaturated/α-hetero) is 2. The normalized spacial score (nSPS) is 21.4. The minimum absolute atomic E-state index is 0.118. The van der Waals surface area contributed by atoms with E-state index in [2.05, 4.69) is 0 Å². The van der Waals surface area contributed by atoms with E-state index in [1.165, 1.54) is 0 Å². The highest BCUT2D eigenvalue weighted by atomic mass is 16.5. The third-order valence-electron chi connectivity index (χ3n) is 6.53. The van der Waals surface area contributed by atoms with Gasteiger partial charge in [-0.25, -0.2) is 0 Å². The number of carbonyl (C=O) groups excluding carboxylic acids is 2. The number of carbonyl (C=O) groups is 2. The number of hydrogen-bond donors (Lipinski definition) is 1. The number of ether oxygens (including phenoxy) is 1. The first kappa shape index (κ1) is 19.4. The molecular formula is C25H26O4. The summed E-state index contributed by atoms with van der Waals surface area (Å²) in [5.41, 5.74) is 0.585. The summed E-state index contributed by atoms with van der Waals surface area (Å²) in [6, 6.07) is 14.0. The molecule has 1 heterocycles. The third-order valence-corrected chi connectivity index (χ3v) is 6.53. The van der Waals surface area contributed by atoms with Crippen molar-refractivity contribution in [2.24, 2.45) is 5.41 Å². The van der Waals surface area contributed by atoms with Crippen molar-refractivity contribution < 1.29 is 19.4 Å². The molecule has 0 bridgehead atoms. The Morgan fingerprint density at radius 1 is 1.03 bits per heavy atom. The number of allylic oxidation sites excluding steroid dienone is 3. The van der Waals surface area contributed by atoms with Gasteiger partial charge in [-0.15, -0.1) is 0 Å². The predicted octanol–water partition coefficient (Wildman–Crippen LogP) is 5.74. The van der Waals surface area contributed by atoms with Gasteiger partial charge in [-0.3, -0.25) is 9.59 Å². The smallest absolute Gasteiger partial charge is 0.176 e. The molecule has 0 radical (unpaired) electrons. The van der Waals surface area contributed by atoms with E-state index in [1.54, 1.807) is 0 Å². The van der Waals surface area contributed by atoms with Gasteiger partial charge in [0.25, 0.3) is 0 Å². The van der Waals surface area contributed by atoms with Crippen LogP contribution >= 0.6 is 0 Å². The van der Waals surface area contributed by atoms with Gasteiger partial charge in [0.2, 0.25) is 0 Å². The molecule has 0 amide bonds. The Kier molecular flexibility index (Phi) is 4.81. The van der Waals surface area contributed by atoms with Crippen molar-refractivity contribution in [1.29, 1.82) is 0 Å². The summed E-state index contributed by atoms with van der Waals surface area (Å²) < 4.78 is 6.43. The van der Waals surface area contributed by atoms with Crippen molar-refractivity contribution in [2.45, 2.75) is 52.6 Å². The van der Waals surface area contributed by atoms with Crippen LogP contribution in [0.5, 0.6) is 0 Å². The van der Waals surface area contributed by atoms with E-state index in [0.717, 1.165) is 16.3 Å². The topological polar surface area (TPSA) is 63.6 Å². The quantitative estimate of drug-likeness (QED) is 0.723. The van der Waals surface area contributed by atoms with E-state index in [-0.39, 0.29) is 29.3 Å². The number of rotatable bonds is 4. The van der Waals surface area contributed by atoms with Crippen LogP contribution in [0.3, 0.4) is 0 Å². The van der Waals surface area contributed by atoms with Crippen LogP contribution in [0.4, 0.5) is 0 Å². The molecule has 1 unspecified atom stereocenters. The Hall–Kier alpha value is -2.88. The highest BCUT2D eigenvalue weighted by Gasteiger charge is 2.52. The molecule has 4 rings (SSSR count). The van der Waals surface area contributed by atoms with Crippen molar-refractivity contribution in [3.8, 4) is 0 Å². The number of ketones is 2. The lowest BCUT2D eigenvalue weighted by Gasteiger charge is -2.42. The van der Waals surface area contributed by atoms with Crippen molar-refractivity contribution in [1.82, 2.24) is 0 Å². The van der Waals surface area contributed by atoms with Crippen LogP contribution in [0.15, 0.2) is 65.1 Å². The first-order chi connectivity index (χ1) is 14.0. The lowest BCUT2D eigenvalue weighted by atomic mass is 9.67. The first-order valence-corrected chi connectivity index (χ1v) is 10.4. The average Bonchev–Trinajstić information content (AvgIpc) is 2.74. The van der Waals surface area contributed by atoms with Gasteiger partial charge < -0.3 is 9.84 Å². The highest BCUT2D eigenvalue weighted by molar-refractivity contribution is 6.11. The number of aliphatic hydroxyl groups is 1. The molecule has 4 heteroatoms. The Morgan fingerprint density at radius 3 is 2.41 bits per heavy atom. The molecule has 1 N–H and O–H groups in total. The predicted molar refractivity (Wildman–Crippen MR) is 112 cm³/mol. The number of hydrogen-bond acceptors (Lipinski definition) is 4. The fourth-order valence-corrected chi connectivity index (χ4v) is 4.81. The minimum Gasteiger partial charge on any atom is -0.507 e. The standard InChI is InChI=1S/C25H26O4/c1-4-16-22(27)21-19(26)14-20(29-24(21)25(5-2,6-3)23(16)28)18-13-9-11-15-10-7-8-12-17(15)18/h7-13,20,27H,4-6,14H2,1-3H3. The lowest BCUT2D eigenvalue weighted by molar-refractivity contribution is -0.130. The largest absolute Gasteiger partial charge is 0.507 e. The fraction of sp³-hybridized carbons (Fsp3) is 0.360. The Labute approximate surface area is 170 Å². The van der Waals surface area contributed by atoms with Gasteiger partial charge in [-0.05, 0) is 30.0 Å². The maximum atomic E-state index is 13.3. The van der Waals surface area contributed by atoms with Gasteiger partial charge in [0.05, 0.1) is 17.4 Å². The van der Waals surface area contributed by atoms with Crippen molar-refractivity contribution >= 4 is 22.3 Å². The summed E-state index contributed by atoms with van der Waals surface area (Å²) in [5.74, 6) is -0.109. The second-order valence-electron chi connectivity index (χ2n) is 7.81. The van der Waals surface area contributed by atoms with Crippen LogP contribution in [0.25, 0.3) is 10.8 Å². The van der Waals surface area contributed by atoms with Gasteiger partial charge in [-0.2, -0.15) is 0 Å². The average molecular weight is 390 g/mol. The van der Waals surface area contributed by atoms with Crippen LogP contribution in [0, 0.1) is 5.41 Å². The van der Waals surface area contributed by atoms with Gasteiger partial charge in [-0.1, -0.05) is 63.2 Å². The highest BCUT2D eigenvalue weighted by Crippen LogP contribution is 2.51. The van der Waals surface area contributed by atoms with Gasteiger partial charge >= 0.3 is 0 Å². The SMILES string of the molecule is CCC1=C(O)C2=C(OC(c3cccc4ccccc34)CC2=O)C(CC)(CC)C1=O. The molecule has 1 atom stereocenters. The van der Waals surface area contributed by atoms with E-state index in [4.69, 9.17) is 4.74 Å². The fourth-order valence-electron chi connectivity index (χ4n) is 4.81. The summed E-state index contributed by atoms with van der Waals surface area (Å²) in [6.07, 6.45) is 1.10. The summed E-state index contributed by atoms with van der Waals surface area (Å²) in [5, 5.41) is 12.9.